The lowest BCUT2D eigenvalue weighted by atomic mass is 10.1. The molecule has 0 bridgehead atoms. The molecular weight excluding hydrogens is 226 g/mol. The van der Waals surface area contributed by atoms with Gasteiger partial charge in [0, 0.05) is 19.5 Å². The predicted molar refractivity (Wildman–Crippen MR) is 71.7 cm³/mol. The average molecular weight is 247 g/mol. The van der Waals surface area contributed by atoms with Crippen molar-refractivity contribution in [3.05, 3.63) is 29.8 Å². The lowest BCUT2D eigenvalue weighted by molar-refractivity contribution is -0.138. The average Bonchev–Trinajstić information content (AvgIpc) is 2.81. The Labute approximate surface area is 109 Å². The number of rotatable bonds is 5. The number of para-hydroxylation sites is 1. The number of hydrogen-bond donors (Lipinski definition) is 0. The van der Waals surface area contributed by atoms with Crippen molar-refractivity contribution in [2.75, 3.05) is 13.1 Å². The molecule has 0 radical (unpaired) electrons. The van der Waals surface area contributed by atoms with E-state index in [1.807, 2.05) is 29.2 Å². The molecule has 1 heterocycles. The second-order valence-corrected chi connectivity index (χ2v) is 4.74. The summed E-state index contributed by atoms with van der Waals surface area (Å²) in [6, 6.07) is 7.91. The molecule has 98 valence electrons. The minimum Gasteiger partial charge on any atom is -0.480 e. The van der Waals surface area contributed by atoms with Crippen molar-refractivity contribution in [3.8, 4) is 5.75 Å². The first kappa shape index (κ1) is 12.9. The van der Waals surface area contributed by atoms with Crippen LogP contribution in [0.1, 0.15) is 32.3 Å². The van der Waals surface area contributed by atoms with E-state index in [2.05, 4.69) is 13.8 Å². The Morgan fingerprint density at radius 1 is 1.28 bits per heavy atom. The van der Waals surface area contributed by atoms with Gasteiger partial charge >= 0.3 is 0 Å². The Balaban J connectivity index is 2.03. The summed E-state index contributed by atoms with van der Waals surface area (Å²) < 4.78 is 5.75. The third kappa shape index (κ3) is 2.66. The third-order valence-corrected chi connectivity index (χ3v) is 3.22. The predicted octanol–water partition coefficient (Wildman–Crippen LogP) is 2.64. The standard InChI is InChI=1S/C15H21NO2/c1-3-9-16(10-4-2)15(17)14-11-12-7-5-6-8-13(12)18-14/h5-8,14H,3-4,9-11H2,1-2H3. The maximum atomic E-state index is 12.4. The molecule has 1 aromatic carbocycles. The van der Waals surface area contributed by atoms with Gasteiger partial charge in [0.25, 0.3) is 5.91 Å². The summed E-state index contributed by atoms with van der Waals surface area (Å²) in [7, 11) is 0. The number of fused-ring (bicyclic) bond motifs is 1. The minimum absolute atomic E-state index is 0.134. The van der Waals surface area contributed by atoms with Crippen LogP contribution in [0.25, 0.3) is 0 Å². The molecule has 0 N–H and O–H groups in total. The van der Waals surface area contributed by atoms with Gasteiger partial charge in [-0.05, 0) is 24.5 Å². The zero-order valence-corrected chi connectivity index (χ0v) is 11.2. The van der Waals surface area contributed by atoms with Gasteiger partial charge in [0.2, 0.25) is 0 Å². The molecule has 0 spiro atoms. The summed E-state index contributed by atoms with van der Waals surface area (Å²) in [5.41, 5.74) is 1.14. The van der Waals surface area contributed by atoms with Crippen LogP contribution in [0, 0.1) is 0 Å². The number of benzene rings is 1. The summed E-state index contributed by atoms with van der Waals surface area (Å²) >= 11 is 0. The van der Waals surface area contributed by atoms with E-state index in [1.54, 1.807) is 0 Å². The third-order valence-electron chi connectivity index (χ3n) is 3.22. The molecule has 1 unspecified atom stereocenters. The molecule has 18 heavy (non-hydrogen) atoms. The Kier molecular flexibility index (Phi) is 4.24. The van der Waals surface area contributed by atoms with Crippen molar-refractivity contribution in [1.29, 1.82) is 0 Å². The fraction of sp³-hybridized carbons (Fsp3) is 0.533. The topological polar surface area (TPSA) is 29.5 Å². The molecule has 1 amide bonds. The first-order chi connectivity index (χ1) is 8.76. The highest BCUT2D eigenvalue weighted by Gasteiger charge is 2.31. The second kappa shape index (κ2) is 5.89. The fourth-order valence-electron chi connectivity index (χ4n) is 2.40. The van der Waals surface area contributed by atoms with E-state index >= 15 is 0 Å². The number of amides is 1. The van der Waals surface area contributed by atoms with E-state index in [4.69, 9.17) is 4.74 Å². The molecule has 1 atom stereocenters. The fourth-order valence-corrected chi connectivity index (χ4v) is 2.40. The summed E-state index contributed by atoms with van der Waals surface area (Å²) in [5, 5.41) is 0. The Bertz CT molecular complexity index is 386. The van der Waals surface area contributed by atoms with E-state index in [-0.39, 0.29) is 12.0 Å². The van der Waals surface area contributed by atoms with Gasteiger partial charge < -0.3 is 9.64 Å². The molecule has 0 saturated carbocycles. The molecule has 1 aliphatic rings. The van der Waals surface area contributed by atoms with Crippen molar-refractivity contribution < 1.29 is 9.53 Å². The van der Waals surface area contributed by atoms with Crippen molar-refractivity contribution in [3.63, 3.8) is 0 Å². The van der Waals surface area contributed by atoms with Crippen LogP contribution in [-0.2, 0) is 11.2 Å². The highest BCUT2D eigenvalue weighted by Crippen LogP contribution is 2.28. The highest BCUT2D eigenvalue weighted by molar-refractivity contribution is 5.82. The summed E-state index contributed by atoms with van der Waals surface area (Å²) in [5.74, 6) is 0.999. The minimum atomic E-state index is -0.319. The first-order valence-electron chi connectivity index (χ1n) is 6.79. The molecule has 0 fully saturated rings. The van der Waals surface area contributed by atoms with Crippen LogP contribution < -0.4 is 4.74 Å². The van der Waals surface area contributed by atoms with Gasteiger partial charge in [-0.3, -0.25) is 4.79 Å². The van der Waals surface area contributed by atoms with Crippen LogP contribution in [-0.4, -0.2) is 30.0 Å². The number of carbonyl (C=O) groups is 1. The zero-order chi connectivity index (χ0) is 13.0. The Morgan fingerprint density at radius 3 is 2.56 bits per heavy atom. The maximum Gasteiger partial charge on any atom is 0.263 e. The van der Waals surface area contributed by atoms with Gasteiger partial charge in [-0.25, -0.2) is 0 Å². The number of ether oxygens (including phenoxy) is 1. The molecule has 0 aliphatic carbocycles. The van der Waals surface area contributed by atoms with Gasteiger partial charge in [0.15, 0.2) is 6.10 Å². The van der Waals surface area contributed by atoms with Crippen LogP contribution in [0.15, 0.2) is 24.3 Å². The molecule has 0 saturated heterocycles. The van der Waals surface area contributed by atoms with E-state index in [0.29, 0.717) is 6.42 Å². The van der Waals surface area contributed by atoms with Gasteiger partial charge in [-0.1, -0.05) is 32.0 Å². The van der Waals surface area contributed by atoms with Crippen molar-refractivity contribution >= 4 is 5.91 Å². The van der Waals surface area contributed by atoms with Gasteiger partial charge in [-0.2, -0.15) is 0 Å². The summed E-state index contributed by atoms with van der Waals surface area (Å²) in [6.45, 7) is 5.84. The monoisotopic (exact) mass is 247 g/mol. The molecular formula is C15H21NO2. The normalized spacial score (nSPS) is 17.1. The largest absolute Gasteiger partial charge is 0.480 e. The molecule has 1 aromatic rings. The lowest BCUT2D eigenvalue weighted by Gasteiger charge is -2.24. The van der Waals surface area contributed by atoms with Gasteiger partial charge in [0.05, 0.1) is 0 Å². The van der Waals surface area contributed by atoms with Crippen LogP contribution in [0.5, 0.6) is 5.75 Å². The highest BCUT2D eigenvalue weighted by atomic mass is 16.5. The Morgan fingerprint density at radius 2 is 1.94 bits per heavy atom. The lowest BCUT2D eigenvalue weighted by Crippen LogP contribution is -2.42. The maximum absolute atomic E-state index is 12.4. The van der Waals surface area contributed by atoms with E-state index in [9.17, 15) is 4.79 Å². The van der Waals surface area contributed by atoms with Crippen LogP contribution in [0.4, 0.5) is 0 Å². The molecule has 0 aromatic heterocycles. The van der Waals surface area contributed by atoms with E-state index in [1.165, 1.54) is 0 Å². The Hall–Kier alpha value is -1.51. The van der Waals surface area contributed by atoms with Crippen molar-refractivity contribution in [2.45, 2.75) is 39.2 Å². The number of carbonyl (C=O) groups excluding carboxylic acids is 1. The van der Waals surface area contributed by atoms with Crippen LogP contribution in [0.2, 0.25) is 0 Å². The second-order valence-electron chi connectivity index (χ2n) is 4.74. The van der Waals surface area contributed by atoms with E-state index < -0.39 is 0 Å². The summed E-state index contributed by atoms with van der Waals surface area (Å²) in [4.78, 5) is 14.3. The van der Waals surface area contributed by atoms with Crippen LogP contribution in [0.3, 0.4) is 0 Å². The van der Waals surface area contributed by atoms with Crippen LogP contribution >= 0.6 is 0 Å². The summed E-state index contributed by atoms with van der Waals surface area (Å²) in [6.07, 6.45) is 2.37. The molecule has 3 nitrogen and oxygen atoms in total. The van der Waals surface area contributed by atoms with Crippen molar-refractivity contribution in [1.82, 2.24) is 4.90 Å². The smallest absolute Gasteiger partial charge is 0.263 e. The molecule has 1 aliphatic heterocycles. The quantitative estimate of drug-likeness (QED) is 0.800. The van der Waals surface area contributed by atoms with Crippen molar-refractivity contribution in [2.24, 2.45) is 0 Å². The molecule has 2 rings (SSSR count). The van der Waals surface area contributed by atoms with E-state index in [0.717, 1.165) is 37.2 Å². The number of hydrogen-bond acceptors (Lipinski definition) is 2. The SMILES string of the molecule is CCCN(CCC)C(=O)C1Cc2ccccc2O1. The zero-order valence-electron chi connectivity index (χ0n) is 11.2. The van der Waals surface area contributed by atoms with Gasteiger partial charge in [-0.15, -0.1) is 0 Å². The molecule has 3 heteroatoms. The number of nitrogens with zero attached hydrogens (tertiary/aromatic N) is 1. The van der Waals surface area contributed by atoms with Gasteiger partial charge in [0.1, 0.15) is 5.75 Å². The first-order valence-corrected chi connectivity index (χ1v) is 6.79.